The van der Waals surface area contributed by atoms with Crippen LogP contribution in [-0.4, -0.2) is 11.1 Å². The van der Waals surface area contributed by atoms with Gasteiger partial charge in [0.25, 0.3) is 0 Å². The molecule has 0 heterocycles. The van der Waals surface area contributed by atoms with E-state index in [1.165, 1.54) is 6.07 Å². The lowest BCUT2D eigenvalue weighted by Gasteiger charge is -2.19. The van der Waals surface area contributed by atoms with Crippen molar-refractivity contribution >= 4 is 0 Å². The summed E-state index contributed by atoms with van der Waals surface area (Å²) in [6.45, 7) is 7.89. The highest BCUT2D eigenvalue weighted by atomic mass is 19.1. The van der Waals surface area contributed by atoms with Crippen LogP contribution in [-0.2, 0) is 12.1 Å². The van der Waals surface area contributed by atoms with Crippen LogP contribution in [0, 0.1) is 5.82 Å². The van der Waals surface area contributed by atoms with Crippen molar-refractivity contribution < 1.29 is 9.50 Å². The molecule has 0 fully saturated rings. The molecule has 2 N–H and O–H groups in total. The minimum atomic E-state index is -1.13. The summed E-state index contributed by atoms with van der Waals surface area (Å²) in [5.74, 6) is -0.351. The van der Waals surface area contributed by atoms with E-state index in [4.69, 9.17) is 0 Å². The van der Waals surface area contributed by atoms with Gasteiger partial charge < -0.3 is 10.4 Å². The van der Waals surface area contributed by atoms with Crippen molar-refractivity contribution in [2.75, 3.05) is 0 Å². The summed E-state index contributed by atoms with van der Waals surface area (Å²) in [4.78, 5) is 0. The fraction of sp³-hybridized carbons (Fsp3) is 0.538. The van der Waals surface area contributed by atoms with E-state index in [9.17, 15) is 9.50 Å². The number of hydrogen-bond acceptors (Lipinski definition) is 2. The molecule has 0 atom stereocenters. The first kappa shape index (κ1) is 13.1. The summed E-state index contributed by atoms with van der Waals surface area (Å²) in [5.41, 5.74) is 0.0914. The monoisotopic (exact) mass is 225 g/mol. The highest BCUT2D eigenvalue weighted by Gasteiger charge is 2.20. The molecule has 1 aromatic carbocycles. The highest BCUT2D eigenvalue weighted by Crippen LogP contribution is 2.23. The molecule has 16 heavy (non-hydrogen) atoms. The molecule has 0 saturated carbocycles. The second kappa shape index (κ2) is 4.93. The van der Waals surface area contributed by atoms with E-state index < -0.39 is 5.60 Å². The van der Waals surface area contributed by atoms with Gasteiger partial charge >= 0.3 is 0 Å². The first-order valence-electron chi connectivity index (χ1n) is 5.55. The van der Waals surface area contributed by atoms with E-state index in [1.807, 2.05) is 19.9 Å². The molecule has 2 nitrogen and oxygen atoms in total. The second-order valence-electron chi connectivity index (χ2n) is 4.91. The number of rotatable bonds is 4. The van der Waals surface area contributed by atoms with Crippen LogP contribution in [0.25, 0.3) is 0 Å². The van der Waals surface area contributed by atoms with Gasteiger partial charge in [0.2, 0.25) is 0 Å². The van der Waals surface area contributed by atoms with Crippen LogP contribution >= 0.6 is 0 Å². The van der Waals surface area contributed by atoms with E-state index in [-0.39, 0.29) is 5.82 Å². The standard InChI is InChI=1S/C13H20FNO/c1-9(2)15-8-10-5-6-11(12(14)7-10)13(3,4)16/h5-7,9,15-16H,8H2,1-4H3. The Labute approximate surface area is 96.5 Å². The van der Waals surface area contributed by atoms with Crippen molar-refractivity contribution in [1.82, 2.24) is 5.32 Å². The van der Waals surface area contributed by atoms with Gasteiger partial charge in [0.15, 0.2) is 0 Å². The van der Waals surface area contributed by atoms with Crippen LogP contribution in [0.1, 0.15) is 38.8 Å². The van der Waals surface area contributed by atoms with Crippen molar-refractivity contribution in [3.63, 3.8) is 0 Å². The minimum absolute atomic E-state index is 0.334. The number of aliphatic hydroxyl groups is 1. The number of benzene rings is 1. The van der Waals surface area contributed by atoms with Crippen LogP contribution < -0.4 is 5.32 Å². The Morgan fingerprint density at radius 1 is 1.38 bits per heavy atom. The van der Waals surface area contributed by atoms with E-state index in [0.29, 0.717) is 18.2 Å². The Morgan fingerprint density at radius 3 is 2.44 bits per heavy atom. The second-order valence-corrected chi connectivity index (χ2v) is 4.91. The average molecular weight is 225 g/mol. The minimum Gasteiger partial charge on any atom is -0.386 e. The van der Waals surface area contributed by atoms with E-state index in [0.717, 1.165) is 5.56 Å². The molecule has 0 unspecified atom stereocenters. The summed E-state index contributed by atoms with van der Waals surface area (Å²) in [5, 5.41) is 12.9. The third kappa shape index (κ3) is 3.58. The Bertz CT molecular complexity index is 355. The SMILES string of the molecule is CC(C)NCc1ccc(C(C)(C)O)c(F)c1. The zero-order valence-electron chi connectivity index (χ0n) is 10.3. The molecule has 0 bridgehead atoms. The van der Waals surface area contributed by atoms with Crippen molar-refractivity contribution in [2.24, 2.45) is 0 Å². The average Bonchev–Trinajstić information content (AvgIpc) is 2.12. The van der Waals surface area contributed by atoms with Crippen LogP contribution in [0.4, 0.5) is 4.39 Å². The predicted octanol–water partition coefficient (Wildman–Crippen LogP) is 2.55. The summed E-state index contributed by atoms with van der Waals surface area (Å²) in [6.07, 6.45) is 0. The molecule has 1 aromatic rings. The Kier molecular flexibility index (Phi) is 4.05. The van der Waals surface area contributed by atoms with Gasteiger partial charge in [-0.15, -0.1) is 0 Å². The maximum atomic E-state index is 13.7. The quantitative estimate of drug-likeness (QED) is 0.825. The summed E-state index contributed by atoms with van der Waals surface area (Å²) >= 11 is 0. The van der Waals surface area contributed by atoms with Gasteiger partial charge in [0.1, 0.15) is 5.82 Å². The molecule has 0 aromatic heterocycles. The van der Waals surface area contributed by atoms with Crippen molar-refractivity contribution in [3.05, 3.63) is 35.1 Å². The molecule has 0 spiro atoms. The Morgan fingerprint density at radius 2 is 2.00 bits per heavy atom. The molecule has 90 valence electrons. The van der Waals surface area contributed by atoms with Gasteiger partial charge in [-0.05, 0) is 25.5 Å². The summed E-state index contributed by atoms with van der Waals surface area (Å²) < 4.78 is 13.7. The number of halogens is 1. The van der Waals surface area contributed by atoms with Gasteiger partial charge in [0, 0.05) is 18.2 Å². The van der Waals surface area contributed by atoms with Crippen LogP contribution in [0.5, 0.6) is 0 Å². The van der Waals surface area contributed by atoms with Crippen LogP contribution in [0.15, 0.2) is 18.2 Å². The van der Waals surface area contributed by atoms with Gasteiger partial charge in [-0.25, -0.2) is 4.39 Å². The zero-order chi connectivity index (χ0) is 12.3. The number of nitrogens with one attached hydrogen (secondary N) is 1. The molecule has 0 radical (unpaired) electrons. The van der Waals surface area contributed by atoms with Gasteiger partial charge in [-0.2, -0.15) is 0 Å². The third-order valence-electron chi connectivity index (χ3n) is 2.41. The smallest absolute Gasteiger partial charge is 0.129 e. The van der Waals surface area contributed by atoms with Gasteiger partial charge in [-0.1, -0.05) is 26.0 Å². The molecular formula is C13H20FNO. The van der Waals surface area contributed by atoms with Gasteiger partial charge in [-0.3, -0.25) is 0 Å². The maximum absolute atomic E-state index is 13.7. The summed E-state index contributed by atoms with van der Waals surface area (Å²) in [6, 6.07) is 5.33. The fourth-order valence-corrected chi connectivity index (χ4v) is 1.49. The van der Waals surface area contributed by atoms with Crippen LogP contribution in [0.3, 0.4) is 0 Å². The molecule has 0 aliphatic heterocycles. The zero-order valence-corrected chi connectivity index (χ0v) is 10.3. The van der Waals surface area contributed by atoms with E-state index in [2.05, 4.69) is 5.32 Å². The molecule has 0 aliphatic carbocycles. The molecular weight excluding hydrogens is 205 g/mol. The van der Waals surface area contributed by atoms with E-state index >= 15 is 0 Å². The lowest BCUT2D eigenvalue weighted by atomic mass is 9.96. The molecule has 0 amide bonds. The largest absolute Gasteiger partial charge is 0.386 e. The number of hydrogen-bond donors (Lipinski definition) is 2. The molecule has 0 saturated heterocycles. The predicted molar refractivity (Wildman–Crippen MR) is 63.6 cm³/mol. The molecule has 3 heteroatoms. The Hall–Kier alpha value is -0.930. The maximum Gasteiger partial charge on any atom is 0.129 e. The lowest BCUT2D eigenvalue weighted by molar-refractivity contribution is 0.0745. The van der Waals surface area contributed by atoms with Crippen molar-refractivity contribution in [3.8, 4) is 0 Å². The summed E-state index contributed by atoms with van der Waals surface area (Å²) in [7, 11) is 0. The van der Waals surface area contributed by atoms with Crippen molar-refractivity contribution in [1.29, 1.82) is 0 Å². The fourth-order valence-electron chi connectivity index (χ4n) is 1.49. The molecule has 1 rings (SSSR count). The third-order valence-corrected chi connectivity index (χ3v) is 2.41. The Balaban J connectivity index is 2.83. The topological polar surface area (TPSA) is 32.3 Å². The van der Waals surface area contributed by atoms with E-state index in [1.54, 1.807) is 19.9 Å². The normalized spacial score (nSPS) is 12.2. The van der Waals surface area contributed by atoms with Crippen LogP contribution in [0.2, 0.25) is 0 Å². The first-order valence-corrected chi connectivity index (χ1v) is 5.55. The lowest BCUT2D eigenvalue weighted by Crippen LogP contribution is -2.22. The highest BCUT2D eigenvalue weighted by molar-refractivity contribution is 5.28. The van der Waals surface area contributed by atoms with Crippen molar-refractivity contribution in [2.45, 2.75) is 45.9 Å². The van der Waals surface area contributed by atoms with Gasteiger partial charge in [0.05, 0.1) is 5.60 Å². The first-order chi connectivity index (χ1) is 7.30. The molecule has 0 aliphatic rings.